The molecule has 0 radical (unpaired) electrons. The minimum atomic E-state index is -0.0716. The Bertz CT molecular complexity index is 1100. The summed E-state index contributed by atoms with van der Waals surface area (Å²) in [7, 11) is 0. The van der Waals surface area contributed by atoms with Crippen LogP contribution in [0.5, 0.6) is 5.75 Å². The van der Waals surface area contributed by atoms with Crippen molar-refractivity contribution in [3.63, 3.8) is 0 Å². The third kappa shape index (κ3) is 7.17. The maximum Gasteiger partial charge on any atom is 0.244 e. The zero-order valence-corrected chi connectivity index (χ0v) is 20.7. The van der Waals surface area contributed by atoms with E-state index in [-0.39, 0.29) is 5.91 Å². The fourth-order valence-electron chi connectivity index (χ4n) is 3.93. The van der Waals surface area contributed by atoms with Crippen LogP contribution in [0.3, 0.4) is 0 Å². The number of hydrogen-bond acceptors (Lipinski definition) is 6. The molecule has 178 valence electrons. The summed E-state index contributed by atoms with van der Waals surface area (Å²) in [5.41, 5.74) is 4.49. The molecule has 0 unspecified atom stereocenters. The molecule has 1 aliphatic heterocycles. The van der Waals surface area contributed by atoms with Crippen LogP contribution in [0.25, 0.3) is 6.08 Å². The molecule has 7 heteroatoms. The molecule has 6 nitrogen and oxygen atoms in total. The van der Waals surface area contributed by atoms with Crippen molar-refractivity contribution in [3.8, 4) is 5.75 Å². The van der Waals surface area contributed by atoms with Gasteiger partial charge in [-0.3, -0.25) is 9.69 Å². The van der Waals surface area contributed by atoms with Crippen molar-refractivity contribution in [3.05, 3.63) is 81.8 Å². The number of aromatic nitrogens is 1. The van der Waals surface area contributed by atoms with Crippen LogP contribution < -0.4 is 15.0 Å². The van der Waals surface area contributed by atoms with E-state index in [1.807, 2.05) is 42.6 Å². The van der Waals surface area contributed by atoms with Gasteiger partial charge in [0.25, 0.3) is 0 Å². The van der Waals surface area contributed by atoms with Crippen LogP contribution in [-0.4, -0.2) is 55.1 Å². The summed E-state index contributed by atoms with van der Waals surface area (Å²) in [5, 5.41) is 6.04. The Hall–Kier alpha value is -3.16. The second-order valence-electron chi connectivity index (χ2n) is 8.51. The maximum atomic E-state index is 12.2. The number of rotatable bonds is 9. The molecule has 1 N–H and O–H groups in total. The van der Waals surface area contributed by atoms with Crippen LogP contribution >= 0.6 is 11.3 Å². The predicted molar refractivity (Wildman–Crippen MR) is 140 cm³/mol. The standard InChI is InChI=1S/C27H32N4O2S/c1-21-4-3-5-25(18-21)31-16-14-30(15-17-31)13-12-28-27(32)11-8-23-6-9-26(10-7-23)33-19-24-20-34-22(2)29-24/h3-11,18,20H,12-17,19H2,1-2H3,(H,28,32)/b11-8+. The first-order valence-corrected chi connectivity index (χ1v) is 12.6. The second-order valence-corrected chi connectivity index (χ2v) is 9.57. The zero-order valence-electron chi connectivity index (χ0n) is 19.9. The van der Waals surface area contributed by atoms with Crippen molar-refractivity contribution < 1.29 is 9.53 Å². The van der Waals surface area contributed by atoms with E-state index < -0.39 is 0 Å². The summed E-state index contributed by atoms with van der Waals surface area (Å²) in [5.74, 6) is 0.715. The molecule has 1 saturated heterocycles. The van der Waals surface area contributed by atoms with Gasteiger partial charge in [0.15, 0.2) is 0 Å². The Morgan fingerprint density at radius 2 is 1.91 bits per heavy atom. The van der Waals surface area contributed by atoms with Crippen LogP contribution in [0.15, 0.2) is 60.0 Å². The average molecular weight is 477 g/mol. The van der Waals surface area contributed by atoms with Crippen molar-refractivity contribution >= 4 is 29.0 Å². The third-order valence-electron chi connectivity index (χ3n) is 5.83. The lowest BCUT2D eigenvalue weighted by Gasteiger charge is -2.36. The van der Waals surface area contributed by atoms with Gasteiger partial charge in [0.1, 0.15) is 12.4 Å². The number of carbonyl (C=O) groups excluding carboxylic acids is 1. The fraction of sp³-hybridized carbons (Fsp3) is 0.333. The Morgan fingerprint density at radius 3 is 2.62 bits per heavy atom. The monoisotopic (exact) mass is 476 g/mol. The summed E-state index contributed by atoms with van der Waals surface area (Å²) in [6, 6.07) is 16.4. The van der Waals surface area contributed by atoms with Crippen molar-refractivity contribution in [1.29, 1.82) is 0 Å². The zero-order chi connectivity index (χ0) is 23.8. The molecule has 1 amide bonds. The van der Waals surface area contributed by atoms with Gasteiger partial charge in [-0.2, -0.15) is 0 Å². The summed E-state index contributed by atoms with van der Waals surface area (Å²) in [6.07, 6.45) is 3.41. The highest BCUT2D eigenvalue weighted by atomic mass is 32.1. The Labute approximate surface area is 205 Å². The van der Waals surface area contributed by atoms with Crippen molar-refractivity contribution in [2.75, 3.05) is 44.2 Å². The fourth-order valence-corrected chi connectivity index (χ4v) is 4.53. The molecule has 0 saturated carbocycles. The molecule has 2 heterocycles. The molecule has 1 fully saturated rings. The molecule has 2 aromatic carbocycles. The number of thiazole rings is 1. The number of hydrogen-bond donors (Lipinski definition) is 1. The maximum absolute atomic E-state index is 12.2. The van der Waals surface area contributed by atoms with Crippen molar-refractivity contribution in [2.24, 2.45) is 0 Å². The number of nitrogens with zero attached hydrogens (tertiary/aromatic N) is 3. The number of anilines is 1. The lowest BCUT2D eigenvalue weighted by Crippen LogP contribution is -2.48. The van der Waals surface area contributed by atoms with Gasteiger partial charge in [0, 0.05) is 56.4 Å². The molecule has 1 aliphatic rings. The van der Waals surface area contributed by atoms with Crippen molar-refractivity contribution in [2.45, 2.75) is 20.5 Å². The van der Waals surface area contributed by atoms with Gasteiger partial charge in [0.2, 0.25) is 5.91 Å². The van der Waals surface area contributed by atoms with E-state index in [0.29, 0.717) is 13.2 Å². The number of nitrogens with one attached hydrogen (secondary N) is 1. The first-order valence-electron chi connectivity index (χ1n) is 11.7. The van der Waals surface area contributed by atoms with Crippen LogP contribution in [0.4, 0.5) is 5.69 Å². The van der Waals surface area contributed by atoms with E-state index in [0.717, 1.165) is 54.7 Å². The molecular formula is C27H32N4O2S. The number of ether oxygens (including phenoxy) is 1. The van der Waals surface area contributed by atoms with Crippen LogP contribution in [0.1, 0.15) is 21.8 Å². The quantitative estimate of drug-likeness (QED) is 0.467. The average Bonchev–Trinajstić information content (AvgIpc) is 3.27. The Balaban J connectivity index is 1.13. The molecule has 0 spiro atoms. The van der Waals surface area contributed by atoms with Crippen LogP contribution in [-0.2, 0) is 11.4 Å². The molecule has 3 aromatic rings. The smallest absolute Gasteiger partial charge is 0.244 e. The summed E-state index contributed by atoms with van der Waals surface area (Å²) >= 11 is 1.62. The second kappa shape index (κ2) is 11.8. The van der Waals surface area contributed by atoms with Gasteiger partial charge in [-0.25, -0.2) is 4.98 Å². The first-order chi connectivity index (χ1) is 16.5. The number of benzene rings is 2. The van der Waals surface area contributed by atoms with E-state index in [2.05, 4.69) is 51.3 Å². The van der Waals surface area contributed by atoms with Crippen LogP contribution in [0, 0.1) is 13.8 Å². The minimum absolute atomic E-state index is 0.0716. The largest absolute Gasteiger partial charge is 0.487 e. The molecule has 0 aliphatic carbocycles. The summed E-state index contributed by atoms with van der Waals surface area (Å²) in [4.78, 5) is 21.4. The van der Waals surface area contributed by atoms with Gasteiger partial charge >= 0.3 is 0 Å². The van der Waals surface area contributed by atoms with Crippen LogP contribution in [0.2, 0.25) is 0 Å². The van der Waals surface area contributed by atoms with E-state index >= 15 is 0 Å². The normalized spacial score (nSPS) is 14.5. The van der Waals surface area contributed by atoms with Gasteiger partial charge in [-0.15, -0.1) is 11.3 Å². The number of carbonyl (C=O) groups is 1. The molecule has 0 bridgehead atoms. The van der Waals surface area contributed by atoms with E-state index in [1.165, 1.54) is 11.3 Å². The van der Waals surface area contributed by atoms with Gasteiger partial charge < -0.3 is 15.0 Å². The predicted octanol–water partition coefficient (Wildman–Crippen LogP) is 4.29. The Morgan fingerprint density at radius 1 is 1.12 bits per heavy atom. The highest BCUT2D eigenvalue weighted by Gasteiger charge is 2.16. The number of piperazine rings is 1. The molecule has 4 rings (SSSR count). The SMILES string of the molecule is Cc1cccc(N2CCN(CCNC(=O)/C=C/c3ccc(OCc4csc(C)n4)cc3)CC2)c1. The highest BCUT2D eigenvalue weighted by molar-refractivity contribution is 7.09. The molecule has 1 aromatic heterocycles. The van der Waals surface area contributed by atoms with Gasteiger partial charge in [0.05, 0.1) is 10.7 Å². The minimum Gasteiger partial charge on any atom is -0.487 e. The number of amides is 1. The van der Waals surface area contributed by atoms with Gasteiger partial charge in [-0.05, 0) is 55.3 Å². The highest BCUT2D eigenvalue weighted by Crippen LogP contribution is 2.18. The first kappa shape index (κ1) is 24.0. The topological polar surface area (TPSA) is 57.7 Å². The molecular weight excluding hydrogens is 444 g/mol. The lowest BCUT2D eigenvalue weighted by atomic mass is 10.2. The summed E-state index contributed by atoms with van der Waals surface area (Å²) in [6.45, 7) is 10.1. The van der Waals surface area contributed by atoms with E-state index in [1.54, 1.807) is 17.4 Å². The van der Waals surface area contributed by atoms with E-state index in [4.69, 9.17) is 4.74 Å². The van der Waals surface area contributed by atoms with Crippen molar-refractivity contribution in [1.82, 2.24) is 15.2 Å². The third-order valence-corrected chi connectivity index (χ3v) is 6.65. The molecule has 0 atom stereocenters. The van der Waals surface area contributed by atoms with Gasteiger partial charge in [-0.1, -0.05) is 24.3 Å². The molecule has 34 heavy (non-hydrogen) atoms. The van der Waals surface area contributed by atoms with E-state index in [9.17, 15) is 4.79 Å². The number of aryl methyl sites for hydroxylation is 2. The summed E-state index contributed by atoms with van der Waals surface area (Å²) < 4.78 is 5.77. The lowest BCUT2D eigenvalue weighted by molar-refractivity contribution is -0.116. The Kier molecular flexibility index (Phi) is 8.33.